The minimum atomic E-state index is -1.47. The fourth-order valence-corrected chi connectivity index (χ4v) is 1.65. The molecule has 18 heavy (non-hydrogen) atoms. The summed E-state index contributed by atoms with van der Waals surface area (Å²) in [5.41, 5.74) is -0.121. The fraction of sp³-hybridized carbons (Fsp3) is 0.200. The smallest absolute Gasteiger partial charge is 0.450 e. The maximum atomic E-state index is 10.8. The summed E-state index contributed by atoms with van der Waals surface area (Å²) in [5, 5.41) is 27.8. The lowest BCUT2D eigenvalue weighted by atomic mass is 10.1. The van der Waals surface area contributed by atoms with Crippen molar-refractivity contribution in [3.63, 3.8) is 0 Å². The number of nitro benzene ring substituents is 1. The summed E-state index contributed by atoms with van der Waals surface area (Å²) < 4.78 is 4.26. The number of nitro groups is 1. The average Bonchev–Trinajstić information content (AvgIpc) is 2.29. The van der Waals surface area contributed by atoms with Crippen LogP contribution in [-0.4, -0.2) is 22.8 Å². The first kappa shape index (κ1) is 13.7. The van der Waals surface area contributed by atoms with E-state index in [0.29, 0.717) is 0 Å². The number of hydrogen-bond donors (Lipinski definition) is 1. The van der Waals surface area contributed by atoms with Gasteiger partial charge in [0.25, 0.3) is 5.69 Å². The molecular formula is C10H7ClN2O5. The van der Waals surface area contributed by atoms with Crippen molar-refractivity contribution in [2.45, 2.75) is 6.42 Å². The number of carboxylic acid groups (broad SMARTS) is 1. The van der Waals surface area contributed by atoms with Gasteiger partial charge in [-0.2, -0.15) is 5.26 Å². The maximum Gasteiger partial charge on any atom is 0.505 e. The number of carbonyl (C=O) groups is 1. The average molecular weight is 271 g/mol. The van der Waals surface area contributed by atoms with Crippen LogP contribution in [0.3, 0.4) is 0 Å². The van der Waals surface area contributed by atoms with Crippen LogP contribution < -0.4 is 0 Å². The van der Waals surface area contributed by atoms with E-state index in [1.807, 2.05) is 0 Å². The zero-order chi connectivity index (χ0) is 13.7. The van der Waals surface area contributed by atoms with Crippen molar-refractivity contribution in [3.05, 3.63) is 38.4 Å². The first-order valence-corrected chi connectivity index (χ1v) is 5.06. The fourth-order valence-electron chi connectivity index (χ4n) is 1.34. The number of nitriles is 1. The number of hydrogen-bond acceptors (Lipinski definition) is 5. The van der Waals surface area contributed by atoms with Gasteiger partial charge in [-0.15, -0.1) is 0 Å². The van der Waals surface area contributed by atoms with Crippen LogP contribution in [0.15, 0.2) is 12.1 Å². The Hall–Kier alpha value is -2.33. The Bertz CT molecular complexity index is 538. The van der Waals surface area contributed by atoms with Crippen molar-refractivity contribution >= 4 is 23.4 Å². The molecule has 0 fully saturated rings. The SMILES string of the molecule is N#Cc1cc(Cl)c(CCOC(=O)O)c([N+](=O)[O-])c1. The van der Waals surface area contributed by atoms with Crippen LogP contribution in [0.5, 0.6) is 0 Å². The number of ether oxygens (including phenoxy) is 1. The lowest BCUT2D eigenvalue weighted by Crippen LogP contribution is -2.06. The van der Waals surface area contributed by atoms with Crippen LogP contribution >= 0.6 is 11.6 Å². The van der Waals surface area contributed by atoms with Gasteiger partial charge in [0.15, 0.2) is 0 Å². The van der Waals surface area contributed by atoms with Crippen molar-refractivity contribution in [3.8, 4) is 6.07 Å². The van der Waals surface area contributed by atoms with E-state index in [9.17, 15) is 14.9 Å². The van der Waals surface area contributed by atoms with E-state index in [1.165, 1.54) is 6.07 Å². The van der Waals surface area contributed by atoms with Crippen LogP contribution in [0.25, 0.3) is 0 Å². The van der Waals surface area contributed by atoms with Gasteiger partial charge in [-0.25, -0.2) is 4.79 Å². The van der Waals surface area contributed by atoms with Crippen LogP contribution in [0, 0.1) is 21.4 Å². The predicted octanol–water partition coefficient (Wildman–Crippen LogP) is 2.36. The molecule has 94 valence electrons. The molecule has 1 aromatic carbocycles. The van der Waals surface area contributed by atoms with Crippen molar-refractivity contribution in [1.82, 2.24) is 0 Å². The monoisotopic (exact) mass is 270 g/mol. The molecule has 0 bridgehead atoms. The Labute approximate surface area is 106 Å². The Morgan fingerprint density at radius 3 is 2.78 bits per heavy atom. The van der Waals surface area contributed by atoms with E-state index in [-0.39, 0.29) is 34.9 Å². The summed E-state index contributed by atoms with van der Waals surface area (Å²) in [5.74, 6) is 0. The van der Waals surface area contributed by atoms with Crippen LogP contribution in [0.2, 0.25) is 5.02 Å². The topological polar surface area (TPSA) is 113 Å². The number of rotatable bonds is 4. The predicted molar refractivity (Wildman–Crippen MR) is 60.5 cm³/mol. The molecule has 0 aliphatic carbocycles. The molecule has 0 aliphatic rings. The summed E-state index contributed by atoms with van der Waals surface area (Å²) in [4.78, 5) is 20.3. The minimum Gasteiger partial charge on any atom is -0.450 e. The molecule has 0 amide bonds. The Morgan fingerprint density at radius 2 is 2.28 bits per heavy atom. The van der Waals surface area contributed by atoms with Crippen LogP contribution in [0.4, 0.5) is 10.5 Å². The van der Waals surface area contributed by atoms with Crippen molar-refractivity contribution in [1.29, 1.82) is 5.26 Å². The summed E-state index contributed by atoms with van der Waals surface area (Å²) in [6.07, 6.45) is -1.50. The largest absolute Gasteiger partial charge is 0.505 e. The van der Waals surface area contributed by atoms with Gasteiger partial charge in [-0.1, -0.05) is 11.6 Å². The molecule has 0 aromatic heterocycles. The molecule has 7 nitrogen and oxygen atoms in total. The molecule has 0 spiro atoms. The molecule has 8 heteroatoms. The molecular weight excluding hydrogens is 264 g/mol. The summed E-state index contributed by atoms with van der Waals surface area (Å²) >= 11 is 5.81. The van der Waals surface area contributed by atoms with E-state index < -0.39 is 11.1 Å². The molecule has 0 saturated heterocycles. The van der Waals surface area contributed by atoms with Gasteiger partial charge < -0.3 is 9.84 Å². The highest BCUT2D eigenvalue weighted by Gasteiger charge is 2.19. The number of halogens is 1. The highest BCUT2D eigenvalue weighted by molar-refractivity contribution is 6.31. The summed E-state index contributed by atoms with van der Waals surface area (Å²) in [6, 6.07) is 4.12. The lowest BCUT2D eigenvalue weighted by Gasteiger charge is -2.05. The molecule has 0 atom stereocenters. The molecule has 0 unspecified atom stereocenters. The van der Waals surface area contributed by atoms with Crippen LogP contribution in [0.1, 0.15) is 11.1 Å². The number of nitrogens with zero attached hydrogens (tertiary/aromatic N) is 2. The second-order valence-electron chi connectivity index (χ2n) is 3.19. The first-order chi connectivity index (χ1) is 8.45. The second kappa shape index (κ2) is 5.84. The minimum absolute atomic E-state index is 0.0346. The second-order valence-corrected chi connectivity index (χ2v) is 3.60. The zero-order valence-electron chi connectivity index (χ0n) is 8.92. The maximum absolute atomic E-state index is 10.8. The van der Waals surface area contributed by atoms with E-state index in [0.717, 1.165) is 6.07 Å². The molecule has 1 rings (SSSR count). The third kappa shape index (κ3) is 3.33. The van der Waals surface area contributed by atoms with Gasteiger partial charge in [-0.05, 0) is 6.07 Å². The normalized spacial score (nSPS) is 9.56. The molecule has 1 N–H and O–H groups in total. The Kier molecular flexibility index (Phi) is 4.45. The van der Waals surface area contributed by atoms with Gasteiger partial charge in [0, 0.05) is 12.5 Å². The van der Waals surface area contributed by atoms with E-state index >= 15 is 0 Å². The Balaban J connectivity index is 3.06. The third-order valence-corrected chi connectivity index (χ3v) is 2.41. The zero-order valence-corrected chi connectivity index (χ0v) is 9.68. The highest BCUT2D eigenvalue weighted by Crippen LogP contribution is 2.28. The Morgan fingerprint density at radius 1 is 1.61 bits per heavy atom. The third-order valence-electron chi connectivity index (χ3n) is 2.08. The van der Waals surface area contributed by atoms with Gasteiger partial charge in [0.2, 0.25) is 0 Å². The van der Waals surface area contributed by atoms with Crippen LogP contribution in [-0.2, 0) is 11.2 Å². The lowest BCUT2D eigenvalue weighted by molar-refractivity contribution is -0.385. The van der Waals surface area contributed by atoms with E-state index in [2.05, 4.69) is 4.74 Å². The highest BCUT2D eigenvalue weighted by atomic mass is 35.5. The van der Waals surface area contributed by atoms with Crippen molar-refractivity contribution < 1.29 is 19.6 Å². The molecule has 0 radical (unpaired) electrons. The van der Waals surface area contributed by atoms with Gasteiger partial charge >= 0.3 is 6.16 Å². The number of benzene rings is 1. The van der Waals surface area contributed by atoms with Gasteiger partial charge in [0.1, 0.15) is 0 Å². The van der Waals surface area contributed by atoms with Gasteiger partial charge in [-0.3, -0.25) is 10.1 Å². The summed E-state index contributed by atoms with van der Waals surface area (Å²) in [6.45, 7) is -0.248. The van der Waals surface area contributed by atoms with Crippen molar-refractivity contribution in [2.24, 2.45) is 0 Å². The standard InChI is InChI=1S/C10H7ClN2O5/c11-8-3-6(5-12)4-9(13(16)17)7(8)1-2-18-10(14)15/h3-4H,1-2H2,(H,14,15). The molecule has 0 aliphatic heterocycles. The summed E-state index contributed by atoms with van der Waals surface area (Å²) in [7, 11) is 0. The molecule has 0 saturated carbocycles. The van der Waals surface area contributed by atoms with Gasteiger partial charge in [0.05, 0.1) is 33.7 Å². The molecule has 0 heterocycles. The van der Waals surface area contributed by atoms with E-state index in [4.69, 9.17) is 22.0 Å². The molecule has 1 aromatic rings. The van der Waals surface area contributed by atoms with Crippen molar-refractivity contribution in [2.75, 3.05) is 6.61 Å². The quantitative estimate of drug-likeness (QED) is 0.510. The van der Waals surface area contributed by atoms with E-state index in [1.54, 1.807) is 6.07 Å². The first-order valence-electron chi connectivity index (χ1n) is 4.68.